The van der Waals surface area contributed by atoms with Crippen molar-refractivity contribution in [3.05, 3.63) is 59.8 Å². The Kier molecular flexibility index (Phi) is 5.23. The van der Waals surface area contributed by atoms with Gasteiger partial charge in [0.05, 0.1) is 24.3 Å². The highest BCUT2D eigenvalue weighted by atomic mass is 16.5. The van der Waals surface area contributed by atoms with E-state index in [0.29, 0.717) is 11.7 Å². The van der Waals surface area contributed by atoms with Crippen LogP contribution in [0.4, 0.5) is 5.82 Å². The molecule has 1 aromatic heterocycles. The molecular weight excluding hydrogens is 286 g/mol. The molecule has 0 aliphatic carbocycles. The lowest BCUT2D eigenvalue weighted by Gasteiger charge is -2.32. The van der Waals surface area contributed by atoms with Crippen molar-refractivity contribution < 1.29 is 4.74 Å². The second kappa shape index (κ2) is 7.75. The van der Waals surface area contributed by atoms with Crippen molar-refractivity contribution in [3.8, 4) is 6.07 Å². The van der Waals surface area contributed by atoms with Crippen molar-refractivity contribution in [3.63, 3.8) is 0 Å². The maximum atomic E-state index is 8.98. The molecule has 0 atom stereocenters. The van der Waals surface area contributed by atoms with Crippen LogP contribution in [0, 0.1) is 11.3 Å². The summed E-state index contributed by atoms with van der Waals surface area (Å²) in [5, 5.41) is 8.98. The number of rotatable bonds is 5. The summed E-state index contributed by atoms with van der Waals surface area (Å²) in [6.07, 6.45) is 5.01. The van der Waals surface area contributed by atoms with E-state index in [1.54, 1.807) is 12.3 Å². The monoisotopic (exact) mass is 307 g/mol. The molecule has 118 valence electrons. The molecule has 1 aliphatic rings. The molecule has 0 N–H and O–H groups in total. The first-order valence-electron chi connectivity index (χ1n) is 8.12. The normalized spacial score (nSPS) is 15.3. The zero-order valence-electron chi connectivity index (χ0n) is 13.2. The minimum atomic E-state index is 0.328. The van der Waals surface area contributed by atoms with Crippen molar-refractivity contribution in [2.75, 3.05) is 24.6 Å². The standard InChI is InChI=1S/C19H21N3O/c20-15-17-6-10-21-19(14-17)22-11-7-18(8-12-22)23-13-9-16-4-2-1-3-5-16/h1-6,10,14,18H,7-9,11-13H2. The summed E-state index contributed by atoms with van der Waals surface area (Å²) < 4.78 is 6.02. The van der Waals surface area contributed by atoms with E-state index in [1.807, 2.05) is 12.1 Å². The highest BCUT2D eigenvalue weighted by molar-refractivity contribution is 5.45. The zero-order valence-corrected chi connectivity index (χ0v) is 13.2. The van der Waals surface area contributed by atoms with Crippen LogP contribution in [0.3, 0.4) is 0 Å². The maximum absolute atomic E-state index is 8.98. The summed E-state index contributed by atoms with van der Waals surface area (Å²) >= 11 is 0. The minimum absolute atomic E-state index is 0.328. The molecule has 4 nitrogen and oxygen atoms in total. The van der Waals surface area contributed by atoms with Crippen LogP contribution in [0.2, 0.25) is 0 Å². The number of nitrogens with zero attached hydrogens (tertiary/aromatic N) is 3. The molecule has 0 unspecified atom stereocenters. The molecule has 0 radical (unpaired) electrons. The van der Waals surface area contributed by atoms with Crippen LogP contribution in [0.1, 0.15) is 24.0 Å². The molecule has 4 heteroatoms. The molecule has 2 aromatic rings. The Morgan fingerprint density at radius 3 is 2.70 bits per heavy atom. The molecule has 0 spiro atoms. The maximum Gasteiger partial charge on any atom is 0.129 e. The molecule has 1 fully saturated rings. The van der Waals surface area contributed by atoms with E-state index >= 15 is 0 Å². The summed E-state index contributed by atoms with van der Waals surface area (Å²) in [5.74, 6) is 0.895. The summed E-state index contributed by atoms with van der Waals surface area (Å²) in [7, 11) is 0. The lowest BCUT2D eigenvalue weighted by Crippen LogP contribution is -2.37. The van der Waals surface area contributed by atoms with Gasteiger partial charge in [-0.1, -0.05) is 30.3 Å². The van der Waals surface area contributed by atoms with Gasteiger partial charge in [0.2, 0.25) is 0 Å². The quantitative estimate of drug-likeness (QED) is 0.851. The number of anilines is 1. The molecule has 0 amide bonds. The molecule has 1 aliphatic heterocycles. The lowest BCUT2D eigenvalue weighted by atomic mass is 10.1. The molecule has 2 heterocycles. The summed E-state index contributed by atoms with van der Waals surface area (Å²) in [4.78, 5) is 6.61. The van der Waals surface area contributed by atoms with Gasteiger partial charge in [-0.2, -0.15) is 5.26 Å². The fourth-order valence-corrected chi connectivity index (χ4v) is 2.90. The van der Waals surface area contributed by atoms with E-state index < -0.39 is 0 Å². The second-order valence-corrected chi connectivity index (χ2v) is 5.81. The van der Waals surface area contributed by atoms with Crippen molar-refractivity contribution in [2.24, 2.45) is 0 Å². The third-order valence-corrected chi connectivity index (χ3v) is 4.23. The Bertz CT molecular complexity index is 658. The molecule has 3 rings (SSSR count). The van der Waals surface area contributed by atoms with E-state index in [4.69, 9.17) is 10.00 Å². The van der Waals surface area contributed by atoms with Gasteiger partial charge in [-0.05, 0) is 37.0 Å². The van der Waals surface area contributed by atoms with Gasteiger partial charge in [0, 0.05) is 19.3 Å². The highest BCUT2D eigenvalue weighted by Gasteiger charge is 2.20. The van der Waals surface area contributed by atoms with Gasteiger partial charge in [0.25, 0.3) is 0 Å². The Morgan fingerprint density at radius 2 is 1.96 bits per heavy atom. The lowest BCUT2D eigenvalue weighted by molar-refractivity contribution is 0.0390. The first kappa shape index (κ1) is 15.5. The Labute approximate surface area is 137 Å². The number of pyridine rings is 1. The molecule has 1 saturated heterocycles. The SMILES string of the molecule is N#Cc1ccnc(N2CCC(OCCc3ccccc3)CC2)c1. The largest absolute Gasteiger partial charge is 0.378 e. The number of hydrogen-bond donors (Lipinski definition) is 0. The predicted molar refractivity (Wildman–Crippen MR) is 90.3 cm³/mol. The molecule has 0 saturated carbocycles. The van der Waals surface area contributed by atoms with E-state index in [0.717, 1.165) is 44.8 Å². The van der Waals surface area contributed by atoms with Crippen LogP contribution in [0.15, 0.2) is 48.7 Å². The second-order valence-electron chi connectivity index (χ2n) is 5.81. The number of nitriles is 1. The van der Waals surface area contributed by atoms with Crippen LogP contribution in [-0.2, 0) is 11.2 Å². The molecule has 1 aromatic carbocycles. The Balaban J connectivity index is 1.44. The van der Waals surface area contributed by atoms with E-state index in [-0.39, 0.29) is 0 Å². The van der Waals surface area contributed by atoms with Crippen molar-refractivity contribution in [1.82, 2.24) is 4.98 Å². The van der Waals surface area contributed by atoms with Gasteiger partial charge < -0.3 is 9.64 Å². The van der Waals surface area contributed by atoms with Crippen LogP contribution in [-0.4, -0.2) is 30.8 Å². The average molecular weight is 307 g/mol. The molecular formula is C19H21N3O. The topological polar surface area (TPSA) is 49.2 Å². The van der Waals surface area contributed by atoms with Gasteiger partial charge in [0.1, 0.15) is 5.82 Å². The molecule has 0 bridgehead atoms. The predicted octanol–water partition coefficient (Wildman–Crippen LogP) is 3.18. The van der Waals surface area contributed by atoms with E-state index in [2.05, 4.69) is 40.2 Å². The first-order chi connectivity index (χ1) is 11.3. The number of aromatic nitrogens is 1. The fraction of sp³-hybridized carbons (Fsp3) is 0.368. The van der Waals surface area contributed by atoms with Crippen LogP contribution in [0.25, 0.3) is 0 Å². The minimum Gasteiger partial charge on any atom is -0.378 e. The highest BCUT2D eigenvalue weighted by Crippen LogP contribution is 2.20. The van der Waals surface area contributed by atoms with Gasteiger partial charge in [-0.3, -0.25) is 0 Å². The first-order valence-corrected chi connectivity index (χ1v) is 8.12. The third kappa shape index (κ3) is 4.30. The van der Waals surface area contributed by atoms with Crippen LogP contribution in [0.5, 0.6) is 0 Å². The Morgan fingerprint density at radius 1 is 1.17 bits per heavy atom. The number of hydrogen-bond acceptors (Lipinski definition) is 4. The van der Waals surface area contributed by atoms with Gasteiger partial charge in [-0.25, -0.2) is 4.98 Å². The van der Waals surface area contributed by atoms with Gasteiger partial charge in [0.15, 0.2) is 0 Å². The number of benzene rings is 1. The summed E-state index contributed by atoms with van der Waals surface area (Å²) in [6.45, 7) is 2.63. The van der Waals surface area contributed by atoms with Crippen LogP contribution < -0.4 is 4.90 Å². The number of piperidine rings is 1. The van der Waals surface area contributed by atoms with Gasteiger partial charge >= 0.3 is 0 Å². The van der Waals surface area contributed by atoms with Gasteiger partial charge in [-0.15, -0.1) is 0 Å². The van der Waals surface area contributed by atoms with Crippen LogP contribution >= 0.6 is 0 Å². The van der Waals surface area contributed by atoms with Crippen molar-refractivity contribution in [2.45, 2.75) is 25.4 Å². The summed E-state index contributed by atoms with van der Waals surface area (Å²) in [5.41, 5.74) is 1.98. The van der Waals surface area contributed by atoms with Crippen molar-refractivity contribution >= 4 is 5.82 Å². The Hall–Kier alpha value is -2.38. The average Bonchev–Trinajstić information content (AvgIpc) is 2.63. The van der Waals surface area contributed by atoms with E-state index in [1.165, 1.54) is 5.56 Å². The van der Waals surface area contributed by atoms with Crippen molar-refractivity contribution in [1.29, 1.82) is 5.26 Å². The zero-order chi connectivity index (χ0) is 15.9. The third-order valence-electron chi connectivity index (χ3n) is 4.23. The number of ether oxygens (including phenoxy) is 1. The summed E-state index contributed by atoms with van der Waals surface area (Å²) in [6, 6.07) is 16.2. The molecule has 23 heavy (non-hydrogen) atoms. The smallest absolute Gasteiger partial charge is 0.129 e. The fourth-order valence-electron chi connectivity index (χ4n) is 2.90. The van der Waals surface area contributed by atoms with E-state index in [9.17, 15) is 0 Å².